The van der Waals surface area contributed by atoms with Gasteiger partial charge in [-0.2, -0.15) is 4.31 Å². The molecule has 3 aromatic carbocycles. The number of nitrogens with one attached hydrogen (secondary N) is 2. The second-order valence-electron chi connectivity index (χ2n) is 8.83. The Morgan fingerprint density at radius 1 is 0.879 bits per heavy atom. The summed E-state index contributed by atoms with van der Waals surface area (Å²) < 4.78 is 27.9. The third-order valence-corrected chi connectivity index (χ3v) is 8.77. The summed E-state index contributed by atoms with van der Waals surface area (Å²) in [7, 11) is -3.60. The van der Waals surface area contributed by atoms with Crippen molar-refractivity contribution in [2.45, 2.75) is 37.5 Å². The van der Waals surface area contributed by atoms with E-state index >= 15 is 0 Å². The van der Waals surface area contributed by atoms with Crippen molar-refractivity contribution in [3.05, 3.63) is 87.8 Å². The quantitative estimate of drug-likeness (QED) is 0.462. The van der Waals surface area contributed by atoms with Crippen LogP contribution in [0.1, 0.15) is 35.4 Å². The first-order valence-corrected chi connectivity index (χ1v) is 12.7. The van der Waals surface area contributed by atoms with Crippen molar-refractivity contribution >= 4 is 21.1 Å². The normalized spacial score (nSPS) is 15.8. The Morgan fingerprint density at radius 2 is 1.58 bits per heavy atom. The second kappa shape index (κ2) is 8.32. The van der Waals surface area contributed by atoms with Crippen molar-refractivity contribution in [2.75, 3.05) is 13.1 Å². The van der Waals surface area contributed by atoms with Crippen LogP contribution >= 0.6 is 0 Å². The monoisotopic (exact) mass is 461 g/mol. The topological polar surface area (TPSA) is 86.0 Å². The van der Waals surface area contributed by atoms with E-state index < -0.39 is 10.0 Å². The van der Waals surface area contributed by atoms with Gasteiger partial charge < -0.3 is 9.97 Å². The molecule has 2 heterocycles. The van der Waals surface area contributed by atoms with E-state index in [0.29, 0.717) is 30.0 Å². The van der Waals surface area contributed by atoms with Crippen LogP contribution in [-0.4, -0.2) is 35.8 Å². The Bertz CT molecular complexity index is 1480. The van der Waals surface area contributed by atoms with Crippen molar-refractivity contribution in [1.82, 2.24) is 14.3 Å². The zero-order valence-corrected chi connectivity index (χ0v) is 19.6. The first-order valence-electron chi connectivity index (χ1n) is 11.2. The molecule has 4 aromatic rings. The summed E-state index contributed by atoms with van der Waals surface area (Å²) in [5.74, 6) is 0.340. The third kappa shape index (κ3) is 4.03. The summed E-state index contributed by atoms with van der Waals surface area (Å²) in [5.41, 5.74) is 7.05. The highest BCUT2D eigenvalue weighted by Gasteiger charge is 2.30. The van der Waals surface area contributed by atoms with Gasteiger partial charge in [0.25, 0.3) is 0 Å². The van der Waals surface area contributed by atoms with E-state index in [0.717, 1.165) is 12.8 Å². The maximum Gasteiger partial charge on any atom is 0.323 e. The number of hydrogen-bond donors (Lipinski definition) is 2. The number of hydrogen-bond acceptors (Lipinski definition) is 3. The summed E-state index contributed by atoms with van der Waals surface area (Å²) in [5, 5.41) is 0. The number of aryl methyl sites for hydroxylation is 1. The van der Waals surface area contributed by atoms with Crippen LogP contribution < -0.4 is 5.69 Å². The van der Waals surface area contributed by atoms with Gasteiger partial charge in [0, 0.05) is 13.1 Å². The molecule has 2 N–H and O–H groups in total. The van der Waals surface area contributed by atoms with E-state index in [1.54, 1.807) is 16.4 Å². The molecule has 170 valence electrons. The molecule has 6 nitrogen and oxygen atoms in total. The lowest BCUT2D eigenvalue weighted by atomic mass is 9.88. The summed E-state index contributed by atoms with van der Waals surface area (Å²) in [6.45, 7) is 5.24. The summed E-state index contributed by atoms with van der Waals surface area (Å²) >= 11 is 0. The van der Waals surface area contributed by atoms with Crippen LogP contribution in [0.2, 0.25) is 0 Å². The van der Waals surface area contributed by atoms with Gasteiger partial charge in [0.05, 0.1) is 15.9 Å². The van der Waals surface area contributed by atoms with E-state index in [1.807, 2.05) is 0 Å². The Morgan fingerprint density at radius 3 is 2.30 bits per heavy atom. The lowest BCUT2D eigenvalue weighted by Crippen LogP contribution is -2.37. The van der Waals surface area contributed by atoms with Crippen molar-refractivity contribution in [3.8, 4) is 11.1 Å². The maximum absolute atomic E-state index is 13.2. The predicted molar refractivity (Wildman–Crippen MR) is 131 cm³/mol. The number of imidazole rings is 1. The molecule has 0 aliphatic carbocycles. The first-order chi connectivity index (χ1) is 15.8. The number of piperidine rings is 1. The minimum Gasteiger partial charge on any atom is -0.306 e. The van der Waals surface area contributed by atoms with Crippen LogP contribution in [-0.2, 0) is 10.0 Å². The third-order valence-electron chi connectivity index (χ3n) is 6.88. The highest BCUT2D eigenvalue weighted by Crippen LogP contribution is 2.33. The average Bonchev–Trinajstić information content (AvgIpc) is 3.20. The number of rotatable bonds is 4. The van der Waals surface area contributed by atoms with Crippen molar-refractivity contribution in [3.63, 3.8) is 0 Å². The minimum absolute atomic E-state index is 0.210. The molecule has 1 aromatic heterocycles. The number of sulfonamides is 1. The number of H-pyrrole nitrogens is 2. The SMILES string of the molecule is Cc1cccc(-c2ccc(C3CCN(S(=O)(=O)c4ccc5[nH]c(=O)[nH]c5c4)CC3)cc2)c1C. The van der Waals surface area contributed by atoms with Crippen LogP contribution in [0.25, 0.3) is 22.2 Å². The van der Waals surface area contributed by atoms with E-state index in [2.05, 4.69) is 66.3 Å². The molecule has 0 bridgehead atoms. The molecule has 1 aliphatic heterocycles. The van der Waals surface area contributed by atoms with Gasteiger partial charge in [0.15, 0.2) is 0 Å². The lowest BCUT2D eigenvalue weighted by molar-refractivity contribution is 0.319. The Hall–Kier alpha value is -3.16. The highest BCUT2D eigenvalue weighted by molar-refractivity contribution is 7.89. The second-order valence-corrected chi connectivity index (χ2v) is 10.8. The molecule has 0 radical (unpaired) electrons. The molecule has 0 saturated carbocycles. The molecule has 1 saturated heterocycles. The van der Waals surface area contributed by atoms with E-state index in [1.165, 1.54) is 33.9 Å². The molecular formula is C26H27N3O3S. The smallest absolute Gasteiger partial charge is 0.306 e. The minimum atomic E-state index is -3.60. The van der Waals surface area contributed by atoms with Crippen LogP contribution in [0.5, 0.6) is 0 Å². The molecular weight excluding hydrogens is 434 g/mol. The van der Waals surface area contributed by atoms with Crippen LogP contribution in [0, 0.1) is 13.8 Å². The lowest BCUT2D eigenvalue weighted by Gasteiger charge is -2.31. The summed E-state index contributed by atoms with van der Waals surface area (Å²) in [6, 6.07) is 19.8. The molecule has 7 heteroatoms. The van der Waals surface area contributed by atoms with Gasteiger partial charge in [-0.1, -0.05) is 42.5 Å². The molecule has 1 fully saturated rings. The zero-order chi connectivity index (χ0) is 23.2. The van der Waals surface area contributed by atoms with Crippen LogP contribution in [0.15, 0.2) is 70.4 Å². The fraction of sp³-hybridized carbons (Fsp3) is 0.269. The Kier molecular flexibility index (Phi) is 5.46. The van der Waals surface area contributed by atoms with E-state index in [9.17, 15) is 13.2 Å². The van der Waals surface area contributed by atoms with Gasteiger partial charge in [-0.25, -0.2) is 13.2 Å². The van der Waals surface area contributed by atoms with Gasteiger partial charge in [-0.15, -0.1) is 0 Å². The van der Waals surface area contributed by atoms with Gasteiger partial charge in [-0.05, 0) is 78.6 Å². The zero-order valence-electron chi connectivity index (χ0n) is 18.8. The highest BCUT2D eigenvalue weighted by atomic mass is 32.2. The largest absolute Gasteiger partial charge is 0.323 e. The van der Waals surface area contributed by atoms with Crippen molar-refractivity contribution < 1.29 is 8.42 Å². The first kappa shape index (κ1) is 21.7. The molecule has 5 rings (SSSR count). The molecule has 0 atom stereocenters. The van der Waals surface area contributed by atoms with Crippen LogP contribution in [0.3, 0.4) is 0 Å². The molecule has 33 heavy (non-hydrogen) atoms. The van der Waals surface area contributed by atoms with E-state index in [4.69, 9.17) is 0 Å². The molecule has 0 unspecified atom stereocenters. The standard InChI is InChI=1S/C26H27N3O3S/c1-17-4-3-5-23(18(17)2)21-8-6-19(7-9-21)20-12-14-29(15-13-20)33(31,32)22-10-11-24-25(16-22)28-26(30)27-24/h3-11,16,20H,12-15H2,1-2H3,(H2,27,28,30). The van der Waals surface area contributed by atoms with Gasteiger partial charge in [-0.3, -0.25) is 0 Å². The fourth-order valence-electron chi connectivity index (χ4n) is 4.75. The fourth-order valence-corrected chi connectivity index (χ4v) is 6.25. The maximum atomic E-state index is 13.2. The van der Waals surface area contributed by atoms with Crippen molar-refractivity contribution in [2.24, 2.45) is 0 Å². The molecule has 1 aliphatic rings. The van der Waals surface area contributed by atoms with Crippen molar-refractivity contribution in [1.29, 1.82) is 0 Å². The number of aromatic amines is 2. The average molecular weight is 462 g/mol. The number of nitrogens with zero attached hydrogens (tertiary/aromatic N) is 1. The van der Waals surface area contributed by atoms with Gasteiger partial charge in [0.2, 0.25) is 10.0 Å². The predicted octanol–water partition coefficient (Wildman–Crippen LogP) is 4.71. The summed E-state index contributed by atoms with van der Waals surface area (Å²) in [4.78, 5) is 17.0. The molecule has 0 spiro atoms. The van der Waals surface area contributed by atoms with E-state index in [-0.39, 0.29) is 10.6 Å². The summed E-state index contributed by atoms with van der Waals surface area (Å²) in [6.07, 6.45) is 1.57. The Balaban J connectivity index is 1.30. The molecule has 0 amide bonds. The number of aromatic nitrogens is 2. The van der Waals surface area contributed by atoms with Crippen LogP contribution in [0.4, 0.5) is 0 Å². The number of benzene rings is 3. The van der Waals surface area contributed by atoms with Gasteiger partial charge in [0.1, 0.15) is 0 Å². The Labute approximate surface area is 193 Å². The number of fused-ring (bicyclic) bond motifs is 1. The van der Waals surface area contributed by atoms with Gasteiger partial charge >= 0.3 is 5.69 Å².